The summed E-state index contributed by atoms with van der Waals surface area (Å²) in [4.78, 5) is 11.9. The third-order valence-corrected chi connectivity index (χ3v) is 3.74. The molecule has 0 aliphatic rings. The smallest absolute Gasteiger partial charge is 0.323 e. The molecule has 0 aromatic heterocycles. The van der Waals surface area contributed by atoms with Crippen molar-refractivity contribution in [3.8, 4) is 11.5 Å². The minimum absolute atomic E-state index is 0.0391. The van der Waals surface area contributed by atoms with Crippen molar-refractivity contribution in [1.29, 1.82) is 0 Å². The van der Waals surface area contributed by atoms with Gasteiger partial charge in [-0.15, -0.1) is 0 Å². The average molecular weight is 382 g/mol. The van der Waals surface area contributed by atoms with Crippen LogP contribution in [0.25, 0.3) is 12.2 Å². The predicted molar refractivity (Wildman–Crippen MR) is 104 cm³/mol. The number of nitrogens with one attached hydrogen (secondary N) is 2. The summed E-state index contributed by atoms with van der Waals surface area (Å²) in [5.41, 5.74) is 1.79. The van der Waals surface area contributed by atoms with E-state index < -0.39 is 17.7 Å². The van der Waals surface area contributed by atoms with Gasteiger partial charge >= 0.3 is 6.03 Å². The number of anilines is 2. The first kappa shape index (κ1) is 18.9. The van der Waals surface area contributed by atoms with Gasteiger partial charge in [-0.05, 0) is 47.5 Å². The van der Waals surface area contributed by atoms with Gasteiger partial charge in [-0.2, -0.15) is 0 Å². The van der Waals surface area contributed by atoms with Crippen LogP contribution in [0.4, 0.5) is 25.0 Å². The van der Waals surface area contributed by atoms with Crippen LogP contribution in [-0.2, 0) is 0 Å². The van der Waals surface area contributed by atoms with E-state index in [9.17, 15) is 23.8 Å². The fourth-order valence-corrected chi connectivity index (χ4v) is 2.46. The van der Waals surface area contributed by atoms with Crippen molar-refractivity contribution < 1.29 is 23.8 Å². The second-order valence-corrected chi connectivity index (χ2v) is 5.94. The lowest BCUT2D eigenvalue weighted by molar-refractivity contribution is 0.262. The zero-order valence-corrected chi connectivity index (χ0v) is 14.5. The molecule has 0 atom stereocenters. The summed E-state index contributed by atoms with van der Waals surface area (Å²) in [6.45, 7) is 0. The van der Waals surface area contributed by atoms with Crippen LogP contribution in [0.5, 0.6) is 11.5 Å². The Labute approximate surface area is 159 Å². The summed E-state index contributed by atoms with van der Waals surface area (Å²) in [5, 5.41) is 23.8. The Hall–Kier alpha value is -3.87. The van der Waals surface area contributed by atoms with E-state index in [1.165, 1.54) is 18.2 Å². The van der Waals surface area contributed by atoms with Crippen LogP contribution in [0, 0.1) is 11.6 Å². The molecule has 5 nitrogen and oxygen atoms in total. The Morgan fingerprint density at radius 2 is 1.43 bits per heavy atom. The number of hydrogen-bond acceptors (Lipinski definition) is 3. The largest absolute Gasteiger partial charge is 0.508 e. The van der Waals surface area contributed by atoms with Gasteiger partial charge in [-0.1, -0.05) is 24.3 Å². The summed E-state index contributed by atoms with van der Waals surface area (Å²) in [5.74, 6) is -1.67. The molecule has 28 heavy (non-hydrogen) atoms. The van der Waals surface area contributed by atoms with Gasteiger partial charge in [0.15, 0.2) is 0 Å². The molecule has 0 spiro atoms. The number of benzene rings is 3. The molecule has 7 heteroatoms. The number of halogens is 2. The molecule has 3 aromatic carbocycles. The third kappa shape index (κ3) is 5.07. The predicted octanol–water partition coefficient (Wildman–Crippen LogP) is 5.19. The average Bonchev–Trinajstić information content (AvgIpc) is 2.63. The Balaban J connectivity index is 1.62. The van der Waals surface area contributed by atoms with E-state index in [-0.39, 0.29) is 17.2 Å². The number of urea groups is 1. The highest BCUT2D eigenvalue weighted by Gasteiger charge is 2.08. The van der Waals surface area contributed by atoms with Crippen molar-refractivity contribution in [3.63, 3.8) is 0 Å². The minimum atomic E-state index is -0.867. The van der Waals surface area contributed by atoms with Crippen LogP contribution < -0.4 is 10.6 Å². The van der Waals surface area contributed by atoms with Gasteiger partial charge in [0.25, 0.3) is 0 Å². The number of rotatable bonds is 4. The van der Waals surface area contributed by atoms with Crippen LogP contribution in [0.3, 0.4) is 0 Å². The Morgan fingerprint density at radius 1 is 0.786 bits per heavy atom. The van der Waals surface area contributed by atoms with Gasteiger partial charge in [0.05, 0.1) is 5.69 Å². The van der Waals surface area contributed by atoms with Gasteiger partial charge in [0, 0.05) is 17.8 Å². The molecular weight excluding hydrogens is 366 g/mol. The zero-order chi connectivity index (χ0) is 20.1. The highest BCUT2D eigenvalue weighted by atomic mass is 19.1. The standard InChI is InChI=1S/C21H16F2N2O3/c22-15-5-8-20(19(23)11-15)25-21(28)24-16-6-3-13(4-7-16)1-2-14-9-17(26)12-18(27)10-14/h1-12,26-27H,(H2,24,25,28)/b2-1+. The van der Waals surface area contributed by atoms with E-state index in [4.69, 9.17) is 0 Å². The summed E-state index contributed by atoms with van der Waals surface area (Å²) >= 11 is 0. The first-order chi connectivity index (χ1) is 13.4. The number of carbonyl (C=O) groups is 1. The Morgan fingerprint density at radius 3 is 2.07 bits per heavy atom. The van der Waals surface area contributed by atoms with Gasteiger partial charge in [0.2, 0.25) is 0 Å². The molecule has 142 valence electrons. The maximum absolute atomic E-state index is 13.6. The normalized spacial score (nSPS) is 10.8. The van der Waals surface area contributed by atoms with E-state index in [2.05, 4.69) is 10.6 Å². The lowest BCUT2D eigenvalue weighted by Crippen LogP contribution is -2.20. The van der Waals surface area contributed by atoms with Crippen LogP contribution in [0.15, 0.2) is 60.7 Å². The second-order valence-electron chi connectivity index (χ2n) is 5.94. The fourth-order valence-electron chi connectivity index (χ4n) is 2.46. The summed E-state index contributed by atoms with van der Waals surface area (Å²) in [7, 11) is 0. The van der Waals surface area contributed by atoms with Crippen LogP contribution >= 0.6 is 0 Å². The number of carbonyl (C=O) groups excluding carboxylic acids is 1. The van der Waals surface area contributed by atoms with Gasteiger partial charge in [-0.25, -0.2) is 13.6 Å². The van der Waals surface area contributed by atoms with E-state index in [1.807, 2.05) is 0 Å². The van der Waals surface area contributed by atoms with E-state index in [1.54, 1.807) is 36.4 Å². The molecule has 0 aliphatic carbocycles. The zero-order valence-electron chi connectivity index (χ0n) is 14.5. The molecule has 4 N–H and O–H groups in total. The third-order valence-electron chi connectivity index (χ3n) is 3.74. The molecule has 0 aliphatic heterocycles. The van der Waals surface area contributed by atoms with Crippen LogP contribution in [-0.4, -0.2) is 16.2 Å². The van der Waals surface area contributed by atoms with Gasteiger partial charge < -0.3 is 20.8 Å². The number of aromatic hydroxyl groups is 2. The quantitative estimate of drug-likeness (QED) is 0.469. The van der Waals surface area contributed by atoms with Crippen LogP contribution in [0.2, 0.25) is 0 Å². The molecular formula is C21H16F2N2O3. The SMILES string of the molecule is O=C(Nc1ccc(/C=C/c2cc(O)cc(O)c2)cc1)Nc1ccc(F)cc1F. The van der Waals surface area contributed by atoms with Crippen molar-refractivity contribution >= 4 is 29.6 Å². The van der Waals surface area contributed by atoms with E-state index in [0.717, 1.165) is 17.7 Å². The number of phenols is 2. The van der Waals surface area contributed by atoms with Gasteiger partial charge in [-0.3, -0.25) is 0 Å². The van der Waals surface area contributed by atoms with Crippen molar-refractivity contribution in [1.82, 2.24) is 0 Å². The summed E-state index contributed by atoms with van der Waals surface area (Å²) < 4.78 is 26.4. The molecule has 0 fully saturated rings. The van der Waals surface area contributed by atoms with E-state index >= 15 is 0 Å². The molecule has 0 radical (unpaired) electrons. The molecule has 0 saturated heterocycles. The fraction of sp³-hybridized carbons (Fsp3) is 0. The van der Waals surface area contributed by atoms with Crippen molar-refractivity contribution in [2.45, 2.75) is 0 Å². The second kappa shape index (κ2) is 8.22. The summed E-state index contributed by atoms with van der Waals surface area (Å²) in [6, 6.07) is 13.2. The molecule has 3 rings (SSSR count). The van der Waals surface area contributed by atoms with Crippen molar-refractivity contribution in [2.24, 2.45) is 0 Å². The number of hydrogen-bond donors (Lipinski definition) is 4. The minimum Gasteiger partial charge on any atom is -0.508 e. The Kier molecular flexibility index (Phi) is 5.55. The maximum Gasteiger partial charge on any atom is 0.323 e. The Bertz CT molecular complexity index is 1010. The van der Waals surface area contributed by atoms with E-state index in [0.29, 0.717) is 17.3 Å². The van der Waals surface area contributed by atoms with Crippen molar-refractivity contribution in [2.75, 3.05) is 10.6 Å². The monoisotopic (exact) mass is 382 g/mol. The lowest BCUT2D eigenvalue weighted by Gasteiger charge is -2.08. The molecule has 0 unspecified atom stereocenters. The molecule has 2 amide bonds. The molecule has 0 bridgehead atoms. The van der Waals surface area contributed by atoms with Crippen molar-refractivity contribution in [3.05, 3.63) is 83.4 Å². The summed E-state index contributed by atoms with van der Waals surface area (Å²) in [6.07, 6.45) is 3.48. The highest BCUT2D eigenvalue weighted by Crippen LogP contribution is 2.22. The van der Waals surface area contributed by atoms with Gasteiger partial charge in [0.1, 0.15) is 23.1 Å². The molecule has 0 saturated carbocycles. The molecule has 3 aromatic rings. The first-order valence-corrected chi connectivity index (χ1v) is 8.23. The number of phenolic OH excluding ortho intramolecular Hbond substituents is 2. The first-order valence-electron chi connectivity index (χ1n) is 8.23. The topological polar surface area (TPSA) is 81.6 Å². The highest BCUT2D eigenvalue weighted by molar-refractivity contribution is 5.99. The molecule has 0 heterocycles. The lowest BCUT2D eigenvalue weighted by atomic mass is 10.1. The number of amides is 2. The van der Waals surface area contributed by atoms with Crippen LogP contribution in [0.1, 0.15) is 11.1 Å². The maximum atomic E-state index is 13.6.